The predicted octanol–water partition coefficient (Wildman–Crippen LogP) is 3.18. The summed E-state index contributed by atoms with van der Waals surface area (Å²) in [4.78, 5) is 32.8. The summed E-state index contributed by atoms with van der Waals surface area (Å²) in [5, 5.41) is 12.8. The van der Waals surface area contributed by atoms with Crippen molar-refractivity contribution in [2.45, 2.75) is 32.9 Å². The Morgan fingerprint density at radius 1 is 1.34 bits per heavy atom. The minimum absolute atomic E-state index is 0.115. The van der Waals surface area contributed by atoms with Gasteiger partial charge < -0.3 is 14.8 Å². The summed E-state index contributed by atoms with van der Waals surface area (Å²) in [6.07, 6.45) is 5.34. The normalized spacial score (nSPS) is 16.3. The minimum Gasteiger partial charge on any atom is -0.467 e. The van der Waals surface area contributed by atoms with Crippen molar-refractivity contribution in [1.29, 1.82) is 0 Å². The molecule has 10 heteroatoms. The summed E-state index contributed by atoms with van der Waals surface area (Å²) in [5.74, 6) is 0.633. The van der Waals surface area contributed by atoms with Gasteiger partial charge in [-0.05, 0) is 43.2 Å². The van der Waals surface area contributed by atoms with Gasteiger partial charge in [0.25, 0.3) is 11.5 Å². The Morgan fingerprint density at radius 3 is 2.84 bits per heavy atom. The van der Waals surface area contributed by atoms with Crippen molar-refractivity contribution in [3.63, 3.8) is 0 Å². The number of carbonyl (C=O) groups excluding carboxylic acids is 1. The maximum Gasteiger partial charge on any atom is 0.267 e. The molecule has 4 rings (SSSR count). The lowest BCUT2D eigenvalue weighted by Gasteiger charge is -2.17. The Labute approximate surface area is 193 Å². The van der Waals surface area contributed by atoms with E-state index in [1.165, 1.54) is 21.6 Å². The molecule has 1 saturated heterocycles. The van der Waals surface area contributed by atoms with Crippen LogP contribution in [0.2, 0.25) is 0 Å². The number of nitrogens with zero attached hydrogens (tertiary/aromatic N) is 3. The van der Waals surface area contributed by atoms with E-state index in [9.17, 15) is 14.7 Å². The van der Waals surface area contributed by atoms with Crippen LogP contribution in [0.15, 0.2) is 50.8 Å². The van der Waals surface area contributed by atoms with Crippen molar-refractivity contribution in [3.8, 4) is 0 Å². The maximum atomic E-state index is 13.4. The Morgan fingerprint density at radius 2 is 2.16 bits per heavy atom. The number of rotatable bonds is 7. The number of fused-ring (bicyclic) bond motifs is 1. The Bertz CT molecular complexity index is 1260. The van der Waals surface area contributed by atoms with E-state index in [0.29, 0.717) is 32.9 Å². The third-order valence-corrected chi connectivity index (χ3v) is 6.56. The molecule has 4 heterocycles. The molecule has 0 radical (unpaired) electrons. The zero-order valence-corrected chi connectivity index (χ0v) is 19.2. The number of pyridine rings is 1. The van der Waals surface area contributed by atoms with Crippen LogP contribution in [0.4, 0.5) is 5.82 Å². The molecule has 0 aromatic carbocycles. The first-order chi connectivity index (χ1) is 15.4. The molecular formula is C22H22N4O4S2. The van der Waals surface area contributed by atoms with E-state index in [-0.39, 0.29) is 36.2 Å². The van der Waals surface area contributed by atoms with E-state index < -0.39 is 0 Å². The summed E-state index contributed by atoms with van der Waals surface area (Å²) >= 11 is 6.52. The van der Waals surface area contributed by atoms with E-state index in [1.807, 2.05) is 19.9 Å². The summed E-state index contributed by atoms with van der Waals surface area (Å²) in [7, 11) is 0. The number of thioether (sulfide) groups is 1. The van der Waals surface area contributed by atoms with E-state index >= 15 is 0 Å². The van der Waals surface area contributed by atoms with Crippen LogP contribution in [0.1, 0.15) is 30.2 Å². The largest absolute Gasteiger partial charge is 0.467 e. The lowest BCUT2D eigenvalue weighted by atomic mass is 10.2. The minimum atomic E-state index is -0.315. The third kappa shape index (κ3) is 4.21. The molecule has 1 aliphatic rings. The van der Waals surface area contributed by atoms with Crippen molar-refractivity contribution in [3.05, 3.63) is 68.9 Å². The van der Waals surface area contributed by atoms with Crippen molar-refractivity contribution in [2.24, 2.45) is 0 Å². The van der Waals surface area contributed by atoms with E-state index in [0.717, 1.165) is 17.3 Å². The molecule has 0 aliphatic carbocycles. The van der Waals surface area contributed by atoms with E-state index in [1.54, 1.807) is 24.4 Å². The second-order valence-electron chi connectivity index (χ2n) is 7.34. The van der Waals surface area contributed by atoms with Gasteiger partial charge in [0.05, 0.1) is 35.9 Å². The molecule has 1 unspecified atom stereocenters. The third-order valence-electron chi connectivity index (χ3n) is 5.18. The summed E-state index contributed by atoms with van der Waals surface area (Å²) < 4.78 is 7.17. The SMILES string of the molecule is CCC(CO)Nc1nc2c(C)cccn2c(=O)c1C=C1SC(=S)N(Cc2ccco2)C1=O. The van der Waals surface area contributed by atoms with Crippen LogP contribution >= 0.6 is 24.0 Å². The monoisotopic (exact) mass is 470 g/mol. The molecule has 0 saturated carbocycles. The van der Waals surface area contributed by atoms with Crippen LogP contribution in [0.25, 0.3) is 11.7 Å². The smallest absolute Gasteiger partial charge is 0.267 e. The quantitative estimate of drug-likeness (QED) is 0.401. The van der Waals surface area contributed by atoms with E-state index in [2.05, 4.69) is 10.3 Å². The number of hydrogen-bond acceptors (Lipinski definition) is 8. The van der Waals surface area contributed by atoms with Gasteiger partial charge in [-0.15, -0.1) is 0 Å². The van der Waals surface area contributed by atoms with Gasteiger partial charge in [0.2, 0.25) is 0 Å². The molecule has 2 N–H and O–H groups in total. The van der Waals surface area contributed by atoms with Gasteiger partial charge in [-0.3, -0.25) is 18.9 Å². The number of amides is 1. The van der Waals surface area contributed by atoms with Gasteiger partial charge in [-0.1, -0.05) is 37.0 Å². The lowest BCUT2D eigenvalue weighted by Crippen LogP contribution is -2.28. The fourth-order valence-corrected chi connectivity index (χ4v) is 4.58. The fraction of sp³-hybridized carbons (Fsp3) is 0.273. The highest BCUT2D eigenvalue weighted by Gasteiger charge is 2.33. The van der Waals surface area contributed by atoms with E-state index in [4.69, 9.17) is 16.6 Å². The van der Waals surface area contributed by atoms with Crippen molar-refractivity contribution in [2.75, 3.05) is 11.9 Å². The number of furan rings is 1. The molecule has 0 spiro atoms. The van der Waals surface area contributed by atoms with Crippen molar-refractivity contribution >= 4 is 51.7 Å². The molecule has 0 bridgehead atoms. The lowest BCUT2D eigenvalue weighted by molar-refractivity contribution is -0.122. The summed E-state index contributed by atoms with van der Waals surface area (Å²) in [6, 6.07) is 6.87. The zero-order chi connectivity index (χ0) is 22.8. The molecule has 1 aliphatic heterocycles. The highest BCUT2D eigenvalue weighted by Crippen LogP contribution is 2.34. The Kier molecular flexibility index (Phi) is 6.45. The molecule has 1 atom stereocenters. The molecule has 32 heavy (non-hydrogen) atoms. The Hall–Kier alpha value is -2.95. The standard InChI is InChI=1S/C22H22N4O4S2/c1-3-14(12-27)23-18-16(20(28)25-8-4-6-13(2)19(25)24-18)10-17-21(29)26(22(31)32-17)11-15-7-5-9-30-15/h4-10,14,23,27H,3,11-12H2,1-2H3. The van der Waals surface area contributed by atoms with Crippen LogP contribution < -0.4 is 10.9 Å². The molecular weight excluding hydrogens is 448 g/mol. The predicted molar refractivity (Wildman–Crippen MR) is 128 cm³/mol. The first-order valence-electron chi connectivity index (χ1n) is 10.1. The number of nitrogens with one attached hydrogen (secondary N) is 1. The van der Waals surface area contributed by atoms with Gasteiger partial charge in [0.15, 0.2) is 0 Å². The average Bonchev–Trinajstić information content (AvgIpc) is 3.39. The number of aryl methyl sites for hydroxylation is 1. The number of aliphatic hydroxyl groups excluding tert-OH is 1. The first-order valence-corrected chi connectivity index (χ1v) is 11.3. The van der Waals surface area contributed by atoms with Gasteiger partial charge in [-0.2, -0.15) is 0 Å². The van der Waals surface area contributed by atoms with Crippen molar-refractivity contribution < 1.29 is 14.3 Å². The summed E-state index contributed by atoms with van der Waals surface area (Å²) in [6.45, 7) is 3.90. The van der Waals surface area contributed by atoms with Crippen molar-refractivity contribution in [1.82, 2.24) is 14.3 Å². The molecule has 8 nitrogen and oxygen atoms in total. The zero-order valence-electron chi connectivity index (χ0n) is 17.6. The maximum absolute atomic E-state index is 13.4. The number of hydrogen-bond donors (Lipinski definition) is 2. The number of aromatic nitrogens is 2. The molecule has 1 amide bonds. The van der Waals surface area contributed by atoms with Gasteiger partial charge in [0, 0.05) is 6.20 Å². The van der Waals surface area contributed by atoms with Crippen LogP contribution in [0, 0.1) is 6.92 Å². The van der Waals surface area contributed by atoms with Gasteiger partial charge in [-0.25, -0.2) is 4.98 Å². The number of anilines is 1. The highest BCUT2D eigenvalue weighted by atomic mass is 32.2. The molecule has 166 valence electrons. The van der Waals surface area contributed by atoms with Crippen LogP contribution in [-0.4, -0.2) is 42.3 Å². The van der Waals surface area contributed by atoms with Crippen LogP contribution in [0.5, 0.6) is 0 Å². The molecule has 1 fully saturated rings. The number of aliphatic hydroxyl groups is 1. The Balaban J connectivity index is 1.79. The van der Waals surface area contributed by atoms with Gasteiger partial charge in [0.1, 0.15) is 21.5 Å². The summed E-state index contributed by atoms with van der Waals surface area (Å²) in [5.41, 5.74) is 1.26. The second-order valence-corrected chi connectivity index (χ2v) is 9.02. The highest BCUT2D eigenvalue weighted by molar-refractivity contribution is 8.26. The topological polar surface area (TPSA) is 100 Å². The fourth-order valence-electron chi connectivity index (χ4n) is 3.35. The number of thiocarbonyl (C=S) groups is 1. The van der Waals surface area contributed by atoms with Crippen LogP contribution in [-0.2, 0) is 11.3 Å². The average molecular weight is 471 g/mol. The first kappa shape index (κ1) is 22.3. The number of carbonyl (C=O) groups is 1. The molecule has 3 aromatic rings. The van der Waals surface area contributed by atoms with Gasteiger partial charge >= 0.3 is 0 Å². The second kappa shape index (κ2) is 9.27. The van der Waals surface area contributed by atoms with Crippen LogP contribution in [0.3, 0.4) is 0 Å². The molecule has 3 aromatic heterocycles.